The molecule has 0 amide bonds. The van der Waals surface area contributed by atoms with Crippen LogP contribution in [0.25, 0.3) is 0 Å². The Bertz CT molecular complexity index is 1320. The molecule has 0 radical (unpaired) electrons. The van der Waals surface area contributed by atoms with Crippen LogP contribution in [0, 0.1) is 0 Å². The van der Waals surface area contributed by atoms with E-state index in [4.69, 9.17) is 29.4 Å². The van der Waals surface area contributed by atoms with Crippen molar-refractivity contribution in [2.45, 2.75) is 185 Å². The second kappa shape index (κ2) is 41.2. The summed E-state index contributed by atoms with van der Waals surface area (Å²) in [4.78, 5) is 36.6. The van der Waals surface area contributed by atoms with Crippen LogP contribution in [-0.2, 0) is 32.7 Å². The van der Waals surface area contributed by atoms with Gasteiger partial charge in [0.1, 0.15) is 25.8 Å². The molecule has 0 aliphatic rings. The van der Waals surface area contributed by atoms with Crippen LogP contribution in [0.3, 0.4) is 0 Å². The largest absolute Gasteiger partial charge is 0.756 e. The van der Waals surface area contributed by atoms with Crippen molar-refractivity contribution in [3.05, 3.63) is 60.9 Å². The van der Waals surface area contributed by atoms with Gasteiger partial charge in [0.2, 0.25) is 0 Å². The number of allylic oxidation sites excluding steroid dienone is 8. The number of esters is 1. The van der Waals surface area contributed by atoms with Crippen molar-refractivity contribution < 1.29 is 52.3 Å². The van der Waals surface area contributed by atoms with E-state index in [-0.39, 0.29) is 31.8 Å². The Labute approximate surface area is 387 Å². The first-order valence-corrected chi connectivity index (χ1v) is 26.5. The number of thioether (sulfide) groups is 1. The van der Waals surface area contributed by atoms with Crippen molar-refractivity contribution >= 4 is 31.5 Å². The van der Waals surface area contributed by atoms with Gasteiger partial charge < -0.3 is 43.8 Å². The SMILES string of the molecule is CCCCC/C=C\C\C=C/C=C/C=C/[C@@H](SC[C@H](N)C(=O)OC[C@H](COP(=O)([O-])OCC[N+](C)(C)C)O/C=C/CCCCCCCCCCCCCCCC)[C@@H](O)CCCC(=O)O. The number of phosphoric acid groups is 1. The molecule has 0 aromatic rings. The molecule has 0 heterocycles. The Morgan fingerprint density at radius 1 is 0.746 bits per heavy atom. The fourth-order valence-corrected chi connectivity index (χ4v) is 8.06. The van der Waals surface area contributed by atoms with E-state index in [9.17, 15) is 24.2 Å². The van der Waals surface area contributed by atoms with Crippen LogP contribution in [0.4, 0.5) is 0 Å². The van der Waals surface area contributed by atoms with Gasteiger partial charge in [-0.25, -0.2) is 0 Å². The lowest BCUT2D eigenvalue weighted by atomic mass is 10.0. The first-order chi connectivity index (χ1) is 30.2. The molecule has 0 spiro atoms. The minimum absolute atomic E-state index is 0.0503. The predicted molar refractivity (Wildman–Crippen MR) is 259 cm³/mol. The quantitative estimate of drug-likeness (QED) is 0.0100. The lowest BCUT2D eigenvalue weighted by Crippen LogP contribution is -2.38. The lowest BCUT2D eigenvalue weighted by Gasteiger charge is -2.28. The number of ether oxygens (including phenoxy) is 2. The first-order valence-electron chi connectivity index (χ1n) is 24.0. The highest BCUT2D eigenvalue weighted by Crippen LogP contribution is 2.38. The fraction of sp³-hybridized carbons (Fsp3) is 0.755. The number of hydrogen-bond acceptors (Lipinski definition) is 11. The van der Waals surface area contributed by atoms with Crippen LogP contribution < -0.4 is 10.6 Å². The van der Waals surface area contributed by atoms with E-state index in [1.165, 1.54) is 114 Å². The number of aliphatic carboxylic acids is 1. The Balaban J connectivity index is 5.14. The predicted octanol–water partition coefficient (Wildman–Crippen LogP) is 10.7. The van der Waals surface area contributed by atoms with Crippen molar-refractivity contribution in [3.8, 4) is 0 Å². The molecule has 12 nitrogen and oxygen atoms in total. The molecule has 0 aliphatic carbocycles. The number of hydrogen-bond donors (Lipinski definition) is 3. The van der Waals surface area contributed by atoms with Gasteiger partial charge in [0.25, 0.3) is 7.82 Å². The average Bonchev–Trinajstić information content (AvgIpc) is 3.23. The van der Waals surface area contributed by atoms with Crippen LogP contribution in [0.2, 0.25) is 0 Å². The second-order valence-electron chi connectivity index (χ2n) is 17.4. The van der Waals surface area contributed by atoms with E-state index in [1.807, 2.05) is 57.6 Å². The maximum absolute atomic E-state index is 13.0. The zero-order chi connectivity index (χ0) is 46.9. The van der Waals surface area contributed by atoms with Gasteiger partial charge in [0.05, 0.1) is 40.1 Å². The number of aliphatic hydroxyl groups is 1. The summed E-state index contributed by atoms with van der Waals surface area (Å²) in [7, 11) is 1.10. The highest BCUT2D eigenvalue weighted by molar-refractivity contribution is 8.00. The minimum atomic E-state index is -4.65. The summed E-state index contributed by atoms with van der Waals surface area (Å²) < 4.78 is 34.5. The number of aliphatic hydroxyl groups excluding tert-OH is 1. The highest BCUT2D eigenvalue weighted by atomic mass is 32.2. The molecule has 0 saturated heterocycles. The summed E-state index contributed by atoms with van der Waals surface area (Å²) >= 11 is 1.26. The highest BCUT2D eigenvalue weighted by Gasteiger charge is 2.24. The zero-order valence-electron chi connectivity index (χ0n) is 39.9. The van der Waals surface area contributed by atoms with Gasteiger partial charge in [-0.3, -0.25) is 14.2 Å². The van der Waals surface area contributed by atoms with E-state index in [0.29, 0.717) is 17.4 Å². The molecule has 1 unspecified atom stereocenters. The lowest BCUT2D eigenvalue weighted by molar-refractivity contribution is -0.870. The first kappa shape index (κ1) is 60.8. The number of quaternary nitrogens is 1. The number of nitrogens with two attached hydrogens (primary N) is 1. The molecule has 0 saturated carbocycles. The summed E-state index contributed by atoms with van der Waals surface area (Å²) in [5.74, 6) is -1.55. The topological polar surface area (TPSA) is 178 Å². The van der Waals surface area contributed by atoms with Crippen LogP contribution in [0.15, 0.2) is 60.9 Å². The van der Waals surface area contributed by atoms with Crippen molar-refractivity contribution in [1.29, 1.82) is 0 Å². The van der Waals surface area contributed by atoms with Crippen LogP contribution in [0.5, 0.6) is 0 Å². The average molecular weight is 929 g/mol. The van der Waals surface area contributed by atoms with Gasteiger partial charge in [0, 0.05) is 17.4 Å². The van der Waals surface area contributed by atoms with Crippen LogP contribution in [0.1, 0.15) is 162 Å². The van der Waals surface area contributed by atoms with Gasteiger partial charge in [-0.05, 0) is 51.0 Å². The Morgan fingerprint density at radius 3 is 1.94 bits per heavy atom. The van der Waals surface area contributed by atoms with E-state index in [1.54, 1.807) is 0 Å². The zero-order valence-corrected chi connectivity index (χ0v) is 41.6. The Morgan fingerprint density at radius 2 is 1.32 bits per heavy atom. The van der Waals surface area contributed by atoms with E-state index < -0.39 is 49.9 Å². The maximum Gasteiger partial charge on any atom is 0.323 e. The monoisotopic (exact) mass is 929 g/mol. The second-order valence-corrected chi connectivity index (χ2v) is 20.0. The normalized spacial score (nSPS) is 15.5. The number of rotatable bonds is 44. The summed E-state index contributed by atoms with van der Waals surface area (Å²) in [6.45, 7) is 4.10. The van der Waals surface area contributed by atoms with Gasteiger partial charge in [-0.1, -0.05) is 159 Å². The number of unbranched alkanes of at least 4 members (excludes halogenated alkanes) is 17. The summed E-state index contributed by atoms with van der Waals surface area (Å²) in [5, 5.41) is 19.5. The molecular formula is C49H89N2O10PS. The number of phosphoric ester groups is 1. The molecular weight excluding hydrogens is 840 g/mol. The number of likely N-dealkylation sites (N-methyl/N-ethyl adjacent to an activating group) is 1. The third-order valence-electron chi connectivity index (χ3n) is 10.2. The minimum Gasteiger partial charge on any atom is -0.756 e. The maximum atomic E-state index is 13.0. The molecule has 5 atom stereocenters. The number of carbonyl (C=O) groups excluding carboxylic acids is 1. The molecule has 0 bridgehead atoms. The van der Waals surface area contributed by atoms with Crippen LogP contribution >= 0.6 is 19.6 Å². The molecule has 4 N–H and O–H groups in total. The van der Waals surface area contributed by atoms with Gasteiger partial charge in [-0.2, -0.15) is 0 Å². The molecule has 14 heteroatoms. The number of nitrogens with zero attached hydrogens (tertiary/aromatic N) is 1. The molecule has 0 aliphatic heterocycles. The van der Waals surface area contributed by atoms with E-state index in [2.05, 4.69) is 32.1 Å². The molecule has 0 aromatic carbocycles. The third-order valence-corrected chi connectivity index (χ3v) is 12.5. The Hall–Kier alpha value is -2.22. The van der Waals surface area contributed by atoms with Crippen LogP contribution in [-0.4, -0.2) is 103 Å². The van der Waals surface area contributed by atoms with E-state index >= 15 is 0 Å². The number of carbonyl (C=O) groups is 2. The molecule has 0 aromatic heterocycles. The fourth-order valence-electron chi connectivity index (χ4n) is 6.21. The van der Waals surface area contributed by atoms with Crippen molar-refractivity contribution in [3.63, 3.8) is 0 Å². The van der Waals surface area contributed by atoms with E-state index in [0.717, 1.165) is 32.1 Å². The van der Waals surface area contributed by atoms with Gasteiger partial charge >= 0.3 is 11.9 Å². The summed E-state index contributed by atoms with van der Waals surface area (Å²) in [6, 6.07) is -1.06. The molecule has 0 fully saturated rings. The van der Waals surface area contributed by atoms with Gasteiger partial charge in [-0.15, -0.1) is 11.8 Å². The number of carboxylic acid groups (broad SMARTS) is 1. The standard InChI is InChI=1S/C49H89N2O10PS/c1-6-8-10-12-14-16-18-20-21-22-23-25-27-29-31-33-39-58-44(42-61-62(56,57)60-40-38-51(3,4)5)41-59-49(55)45(50)43-63-47(46(52)35-34-37-48(53)54)36-32-30-28-26-24-19-17-15-13-11-9-7-2/h15,17,24,26,28,30,32-33,36,39,44-47,52H,6-14,16,18-23,25,27,29,31,34-35,37-38,40-43,50H2,1-5H3,(H-,53,54,56,57)/b17-15-,26-24-,30-28+,36-32+,39-33+/t44-,45+,46+,47-/m1/s1. The third kappa shape index (κ3) is 42.2. The molecule has 63 heavy (non-hydrogen) atoms. The molecule has 366 valence electrons. The van der Waals surface area contributed by atoms with Crippen molar-refractivity contribution in [2.24, 2.45) is 5.73 Å². The van der Waals surface area contributed by atoms with Crippen molar-refractivity contribution in [1.82, 2.24) is 0 Å². The van der Waals surface area contributed by atoms with Gasteiger partial charge in [0.15, 0.2) is 6.10 Å². The number of carboxylic acids is 1. The summed E-state index contributed by atoms with van der Waals surface area (Å²) in [6.07, 6.45) is 42.1. The summed E-state index contributed by atoms with van der Waals surface area (Å²) in [5.41, 5.74) is 6.23. The Kier molecular flexibility index (Phi) is 39.8. The molecule has 0 rings (SSSR count). The smallest absolute Gasteiger partial charge is 0.323 e. The van der Waals surface area contributed by atoms with Crippen molar-refractivity contribution in [2.75, 3.05) is 53.3 Å².